The highest BCUT2D eigenvalue weighted by atomic mass is 16.5. The molecule has 1 aromatic rings. The quantitative estimate of drug-likeness (QED) is 0.854. The Hall–Kier alpha value is -0.900. The molecular weight excluding hydrogens is 202 g/mol. The smallest absolute Gasteiger partial charge is 0.243 e. The van der Waals surface area contributed by atoms with E-state index in [1.165, 1.54) is 6.42 Å². The van der Waals surface area contributed by atoms with Crippen molar-refractivity contribution in [3.63, 3.8) is 0 Å². The Balaban J connectivity index is 2.00. The summed E-state index contributed by atoms with van der Waals surface area (Å²) in [6, 6.07) is 0.261. The second-order valence-electron chi connectivity index (χ2n) is 5.28. The fraction of sp³-hybridized carbons (Fsp3) is 0.833. The molecule has 1 aromatic heterocycles. The molecule has 0 bridgehead atoms. The predicted octanol–water partition coefficient (Wildman–Crippen LogP) is 2.33. The van der Waals surface area contributed by atoms with Crippen molar-refractivity contribution in [1.82, 2.24) is 15.5 Å². The van der Waals surface area contributed by atoms with Crippen LogP contribution in [0, 0.1) is 11.8 Å². The monoisotopic (exact) mass is 223 g/mol. The van der Waals surface area contributed by atoms with Crippen molar-refractivity contribution in [1.29, 1.82) is 0 Å². The summed E-state index contributed by atoms with van der Waals surface area (Å²) >= 11 is 0. The van der Waals surface area contributed by atoms with E-state index in [0.717, 1.165) is 37.0 Å². The summed E-state index contributed by atoms with van der Waals surface area (Å²) < 4.78 is 5.33. The van der Waals surface area contributed by atoms with Crippen LogP contribution in [0.1, 0.15) is 51.4 Å². The molecule has 2 heterocycles. The van der Waals surface area contributed by atoms with E-state index in [2.05, 4.69) is 36.2 Å². The van der Waals surface area contributed by atoms with Crippen molar-refractivity contribution in [3.05, 3.63) is 11.7 Å². The molecule has 0 spiro atoms. The minimum Gasteiger partial charge on any atom is -0.338 e. The van der Waals surface area contributed by atoms with Crippen LogP contribution in [0.4, 0.5) is 0 Å². The Kier molecular flexibility index (Phi) is 3.59. The normalized spacial score (nSPS) is 26.2. The first-order valence-electron chi connectivity index (χ1n) is 6.21. The van der Waals surface area contributed by atoms with Gasteiger partial charge < -0.3 is 9.84 Å². The largest absolute Gasteiger partial charge is 0.338 e. The van der Waals surface area contributed by atoms with E-state index < -0.39 is 0 Å². The Bertz CT molecular complexity index is 335. The fourth-order valence-electron chi connectivity index (χ4n) is 2.15. The van der Waals surface area contributed by atoms with Crippen LogP contribution in [0.15, 0.2) is 4.52 Å². The molecule has 4 nitrogen and oxygen atoms in total. The van der Waals surface area contributed by atoms with E-state index in [1.54, 1.807) is 0 Å². The minimum atomic E-state index is 0.261. The van der Waals surface area contributed by atoms with Crippen molar-refractivity contribution in [2.24, 2.45) is 11.8 Å². The van der Waals surface area contributed by atoms with Crippen LogP contribution in [0.2, 0.25) is 0 Å². The summed E-state index contributed by atoms with van der Waals surface area (Å²) in [7, 11) is 0. The highest BCUT2D eigenvalue weighted by Gasteiger charge is 2.24. The molecule has 1 aliphatic heterocycles. The zero-order chi connectivity index (χ0) is 11.5. The standard InChI is InChI=1S/C12H21N3O/c1-8(2)6-11-14-12(16-15-11)10-7-9(3)4-5-13-10/h8-10,13H,4-7H2,1-3H3. The third-order valence-electron chi connectivity index (χ3n) is 3.04. The highest BCUT2D eigenvalue weighted by Crippen LogP contribution is 2.25. The zero-order valence-corrected chi connectivity index (χ0v) is 10.4. The molecule has 16 heavy (non-hydrogen) atoms. The van der Waals surface area contributed by atoms with E-state index in [0.29, 0.717) is 5.92 Å². The third kappa shape index (κ3) is 2.82. The number of hydrogen-bond donors (Lipinski definition) is 1. The SMILES string of the molecule is CC(C)Cc1noc(C2CC(C)CCN2)n1. The number of nitrogens with one attached hydrogen (secondary N) is 1. The lowest BCUT2D eigenvalue weighted by Crippen LogP contribution is -2.30. The molecule has 0 radical (unpaired) electrons. The van der Waals surface area contributed by atoms with Gasteiger partial charge in [0.1, 0.15) is 0 Å². The fourth-order valence-corrected chi connectivity index (χ4v) is 2.15. The molecule has 0 aliphatic carbocycles. The Labute approximate surface area is 96.8 Å². The lowest BCUT2D eigenvalue weighted by molar-refractivity contribution is 0.259. The Morgan fingerprint density at radius 2 is 2.31 bits per heavy atom. The molecule has 2 atom stereocenters. The van der Waals surface area contributed by atoms with Crippen molar-refractivity contribution < 1.29 is 4.52 Å². The summed E-state index contributed by atoms with van der Waals surface area (Å²) in [5, 5.41) is 7.47. The molecule has 4 heteroatoms. The average Bonchev–Trinajstić information content (AvgIpc) is 2.65. The molecule has 0 aromatic carbocycles. The summed E-state index contributed by atoms with van der Waals surface area (Å²) in [6.07, 6.45) is 3.23. The number of nitrogens with zero attached hydrogens (tertiary/aromatic N) is 2. The topological polar surface area (TPSA) is 51.0 Å². The van der Waals surface area contributed by atoms with E-state index in [4.69, 9.17) is 4.52 Å². The van der Waals surface area contributed by atoms with E-state index in [-0.39, 0.29) is 6.04 Å². The third-order valence-corrected chi connectivity index (χ3v) is 3.04. The van der Waals surface area contributed by atoms with Crippen LogP contribution < -0.4 is 5.32 Å². The van der Waals surface area contributed by atoms with E-state index >= 15 is 0 Å². The lowest BCUT2D eigenvalue weighted by atomic mass is 9.94. The molecule has 0 amide bonds. The van der Waals surface area contributed by atoms with Gasteiger partial charge in [-0.2, -0.15) is 4.98 Å². The minimum absolute atomic E-state index is 0.261. The van der Waals surface area contributed by atoms with Gasteiger partial charge in [0.2, 0.25) is 5.89 Å². The van der Waals surface area contributed by atoms with Gasteiger partial charge in [0.25, 0.3) is 0 Å². The second-order valence-corrected chi connectivity index (χ2v) is 5.28. The van der Waals surface area contributed by atoms with Gasteiger partial charge in [0, 0.05) is 6.42 Å². The number of hydrogen-bond acceptors (Lipinski definition) is 4. The summed E-state index contributed by atoms with van der Waals surface area (Å²) in [5.74, 6) is 2.92. The van der Waals surface area contributed by atoms with E-state index in [1.807, 2.05) is 0 Å². The number of aromatic nitrogens is 2. The lowest BCUT2D eigenvalue weighted by Gasteiger charge is -2.25. The highest BCUT2D eigenvalue weighted by molar-refractivity contribution is 4.95. The van der Waals surface area contributed by atoms with Crippen LogP contribution in [0.3, 0.4) is 0 Å². The van der Waals surface area contributed by atoms with Crippen LogP contribution in [-0.2, 0) is 6.42 Å². The van der Waals surface area contributed by atoms with Gasteiger partial charge in [0.15, 0.2) is 5.82 Å². The molecule has 2 unspecified atom stereocenters. The van der Waals surface area contributed by atoms with Gasteiger partial charge in [-0.3, -0.25) is 0 Å². The molecule has 2 rings (SSSR count). The molecule has 1 fully saturated rings. The Morgan fingerprint density at radius 3 is 3.00 bits per heavy atom. The van der Waals surface area contributed by atoms with Crippen LogP contribution in [0.5, 0.6) is 0 Å². The first kappa shape index (κ1) is 11.6. The molecule has 1 N–H and O–H groups in total. The number of rotatable bonds is 3. The van der Waals surface area contributed by atoms with Gasteiger partial charge in [-0.15, -0.1) is 0 Å². The molecule has 1 saturated heterocycles. The maximum atomic E-state index is 5.33. The van der Waals surface area contributed by atoms with Crippen molar-refractivity contribution >= 4 is 0 Å². The summed E-state index contributed by atoms with van der Waals surface area (Å²) in [5.41, 5.74) is 0. The van der Waals surface area contributed by atoms with Crippen molar-refractivity contribution in [2.75, 3.05) is 6.54 Å². The zero-order valence-electron chi connectivity index (χ0n) is 10.4. The van der Waals surface area contributed by atoms with E-state index in [9.17, 15) is 0 Å². The molecule has 0 saturated carbocycles. The predicted molar refractivity (Wildman–Crippen MR) is 62.0 cm³/mol. The first-order chi connectivity index (χ1) is 7.65. The summed E-state index contributed by atoms with van der Waals surface area (Å²) in [4.78, 5) is 4.47. The van der Waals surface area contributed by atoms with Crippen LogP contribution in [-0.4, -0.2) is 16.7 Å². The first-order valence-corrected chi connectivity index (χ1v) is 6.21. The molecule has 1 aliphatic rings. The van der Waals surface area contributed by atoms with Crippen LogP contribution >= 0.6 is 0 Å². The van der Waals surface area contributed by atoms with Gasteiger partial charge in [-0.1, -0.05) is 25.9 Å². The summed E-state index contributed by atoms with van der Waals surface area (Å²) in [6.45, 7) is 7.65. The second kappa shape index (κ2) is 4.95. The van der Waals surface area contributed by atoms with Gasteiger partial charge in [0.05, 0.1) is 6.04 Å². The van der Waals surface area contributed by atoms with Crippen LogP contribution in [0.25, 0.3) is 0 Å². The van der Waals surface area contributed by atoms with Crippen molar-refractivity contribution in [3.8, 4) is 0 Å². The Morgan fingerprint density at radius 1 is 1.50 bits per heavy atom. The molecular formula is C12H21N3O. The average molecular weight is 223 g/mol. The van der Waals surface area contributed by atoms with Crippen molar-refractivity contribution in [2.45, 2.75) is 46.1 Å². The van der Waals surface area contributed by atoms with Gasteiger partial charge >= 0.3 is 0 Å². The van der Waals surface area contributed by atoms with Gasteiger partial charge in [-0.25, -0.2) is 0 Å². The maximum Gasteiger partial charge on any atom is 0.243 e. The molecule has 90 valence electrons. The maximum absolute atomic E-state index is 5.33. The number of piperidine rings is 1. The van der Waals surface area contributed by atoms with Gasteiger partial charge in [-0.05, 0) is 31.2 Å².